The second-order valence-electron chi connectivity index (χ2n) is 6.11. The lowest BCUT2D eigenvalue weighted by Crippen LogP contribution is -2.41. The maximum absolute atomic E-state index is 12.3. The summed E-state index contributed by atoms with van der Waals surface area (Å²) in [5.41, 5.74) is 1.53. The van der Waals surface area contributed by atoms with Crippen LogP contribution >= 0.6 is 0 Å². The third-order valence-electron chi connectivity index (χ3n) is 4.16. The van der Waals surface area contributed by atoms with Gasteiger partial charge in [0.25, 0.3) is 5.91 Å². The van der Waals surface area contributed by atoms with Gasteiger partial charge in [0, 0.05) is 12.1 Å². The molecule has 3 rings (SSSR count). The average molecular weight is 367 g/mol. The number of hydrogen-bond donors (Lipinski definition) is 3. The molecular weight excluding hydrogens is 346 g/mol. The molecule has 3 N–H and O–H groups in total. The second-order valence-corrected chi connectivity index (χ2v) is 6.11. The van der Waals surface area contributed by atoms with Gasteiger partial charge in [-0.25, -0.2) is 0 Å². The summed E-state index contributed by atoms with van der Waals surface area (Å²) in [6, 6.07) is 13.1. The molecule has 0 aliphatic carbocycles. The van der Waals surface area contributed by atoms with E-state index in [1.807, 2.05) is 6.92 Å². The molecule has 1 aliphatic heterocycles. The van der Waals surface area contributed by atoms with E-state index in [4.69, 9.17) is 4.74 Å². The first-order valence-corrected chi connectivity index (χ1v) is 8.80. The number of benzene rings is 2. The highest BCUT2D eigenvalue weighted by atomic mass is 16.5. The molecule has 0 spiro atoms. The highest BCUT2D eigenvalue weighted by Crippen LogP contribution is 2.20. The summed E-state index contributed by atoms with van der Waals surface area (Å²) < 4.78 is 5.36. The summed E-state index contributed by atoms with van der Waals surface area (Å²) in [6.07, 6.45) is 0.302. The zero-order valence-electron chi connectivity index (χ0n) is 15.0. The zero-order valence-corrected chi connectivity index (χ0v) is 15.0. The predicted molar refractivity (Wildman–Crippen MR) is 102 cm³/mol. The van der Waals surface area contributed by atoms with Crippen LogP contribution in [0.5, 0.6) is 5.75 Å². The van der Waals surface area contributed by atoms with Gasteiger partial charge < -0.3 is 20.7 Å². The summed E-state index contributed by atoms with van der Waals surface area (Å²) in [5, 5.41) is 8.18. The van der Waals surface area contributed by atoms with Crippen LogP contribution in [0.2, 0.25) is 0 Å². The van der Waals surface area contributed by atoms with Crippen molar-refractivity contribution in [3.8, 4) is 5.75 Å². The number of fused-ring (bicyclic) bond motifs is 1. The number of carbonyl (C=O) groups excluding carboxylic acids is 3. The Bertz CT molecular complexity index is 849. The van der Waals surface area contributed by atoms with Gasteiger partial charge in [-0.05, 0) is 49.7 Å². The van der Waals surface area contributed by atoms with Crippen LogP contribution in [0, 0.1) is 0 Å². The fourth-order valence-corrected chi connectivity index (χ4v) is 2.81. The first kappa shape index (κ1) is 18.4. The maximum atomic E-state index is 12.3. The standard InChI is InChI=1S/C20H21N3O4/c1-2-27-14-9-7-13(8-10-14)21-18(24)12-11-17-20(26)22-16-6-4-3-5-15(16)19(25)23-17/h3-10,17H,2,11-12H2,1H3,(H,21,24)(H,22,26)(H,23,25)/t17-/m1/s1. The van der Waals surface area contributed by atoms with E-state index in [0.29, 0.717) is 23.5 Å². The van der Waals surface area contributed by atoms with Crippen LogP contribution < -0.4 is 20.7 Å². The van der Waals surface area contributed by atoms with Gasteiger partial charge in [0.2, 0.25) is 11.8 Å². The van der Waals surface area contributed by atoms with Crippen LogP contribution in [0.1, 0.15) is 30.1 Å². The van der Waals surface area contributed by atoms with Crippen LogP contribution in [-0.4, -0.2) is 30.4 Å². The van der Waals surface area contributed by atoms with Crippen LogP contribution in [0.3, 0.4) is 0 Å². The monoisotopic (exact) mass is 367 g/mol. The fourth-order valence-electron chi connectivity index (χ4n) is 2.81. The molecule has 2 aromatic carbocycles. The van der Waals surface area contributed by atoms with E-state index in [2.05, 4.69) is 16.0 Å². The Balaban J connectivity index is 1.55. The Morgan fingerprint density at radius 3 is 2.59 bits per heavy atom. The third kappa shape index (κ3) is 4.63. The summed E-state index contributed by atoms with van der Waals surface area (Å²) in [5.74, 6) is -0.168. The van der Waals surface area contributed by atoms with E-state index >= 15 is 0 Å². The van der Waals surface area contributed by atoms with Crippen LogP contribution in [0.15, 0.2) is 48.5 Å². The lowest BCUT2D eigenvalue weighted by molar-refractivity contribution is -0.118. The average Bonchev–Trinajstić information content (AvgIpc) is 2.78. The summed E-state index contributed by atoms with van der Waals surface area (Å²) >= 11 is 0. The number of nitrogens with one attached hydrogen (secondary N) is 3. The first-order chi connectivity index (χ1) is 13.1. The van der Waals surface area contributed by atoms with Crippen molar-refractivity contribution in [1.82, 2.24) is 5.32 Å². The number of ether oxygens (including phenoxy) is 1. The van der Waals surface area contributed by atoms with Crippen molar-refractivity contribution < 1.29 is 19.1 Å². The van der Waals surface area contributed by atoms with E-state index in [1.165, 1.54) is 0 Å². The molecule has 3 amide bonds. The molecule has 1 heterocycles. The SMILES string of the molecule is CCOc1ccc(NC(=O)CC[C@H]2NC(=O)c3ccccc3NC2=O)cc1. The second kappa shape index (κ2) is 8.35. The highest BCUT2D eigenvalue weighted by Gasteiger charge is 2.27. The van der Waals surface area contributed by atoms with Gasteiger partial charge in [-0.2, -0.15) is 0 Å². The minimum atomic E-state index is -0.768. The number of anilines is 2. The zero-order chi connectivity index (χ0) is 19.2. The molecule has 140 valence electrons. The van der Waals surface area contributed by atoms with Gasteiger partial charge in [-0.15, -0.1) is 0 Å². The summed E-state index contributed by atoms with van der Waals surface area (Å²) in [6.45, 7) is 2.47. The van der Waals surface area contributed by atoms with E-state index in [-0.39, 0.29) is 30.6 Å². The van der Waals surface area contributed by atoms with Crippen molar-refractivity contribution in [2.45, 2.75) is 25.8 Å². The Kier molecular flexibility index (Phi) is 5.71. The molecule has 0 saturated heterocycles. The van der Waals surface area contributed by atoms with Crippen molar-refractivity contribution in [2.75, 3.05) is 17.2 Å². The molecule has 0 bridgehead atoms. The lowest BCUT2D eigenvalue weighted by Gasteiger charge is -2.14. The number of rotatable bonds is 6. The molecule has 7 heteroatoms. The highest BCUT2D eigenvalue weighted by molar-refractivity contribution is 6.09. The minimum Gasteiger partial charge on any atom is -0.494 e. The summed E-state index contributed by atoms with van der Waals surface area (Å²) in [4.78, 5) is 36.8. The van der Waals surface area contributed by atoms with Crippen molar-refractivity contribution in [2.24, 2.45) is 0 Å². The van der Waals surface area contributed by atoms with Crippen LogP contribution in [0.4, 0.5) is 11.4 Å². The molecule has 0 radical (unpaired) electrons. The van der Waals surface area contributed by atoms with E-state index in [0.717, 1.165) is 5.75 Å². The van der Waals surface area contributed by atoms with Gasteiger partial charge >= 0.3 is 0 Å². The largest absolute Gasteiger partial charge is 0.494 e. The molecule has 1 aliphatic rings. The Labute approximate surface area is 157 Å². The number of carbonyl (C=O) groups is 3. The number of amides is 3. The number of para-hydroxylation sites is 1. The van der Waals surface area contributed by atoms with Crippen molar-refractivity contribution in [3.05, 3.63) is 54.1 Å². The topological polar surface area (TPSA) is 96.5 Å². The van der Waals surface area contributed by atoms with Crippen LogP contribution in [0.25, 0.3) is 0 Å². The fraction of sp³-hybridized carbons (Fsp3) is 0.250. The molecular formula is C20H21N3O4. The normalized spacial score (nSPS) is 15.8. The van der Waals surface area contributed by atoms with Gasteiger partial charge in [-0.3, -0.25) is 14.4 Å². The van der Waals surface area contributed by atoms with Gasteiger partial charge in [0.15, 0.2) is 0 Å². The number of hydrogen-bond acceptors (Lipinski definition) is 4. The molecule has 1 atom stereocenters. The smallest absolute Gasteiger partial charge is 0.254 e. The molecule has 7 nitrogen and oxygen atoms in total. The van der Waals surface area contributed by atoms with Gasteiger partial charge in [0.1, 0.15) is 11.8 Å². The molecule has 0 saturated carbocycles. The van der Waals surface area contributed by atoms with Gasteiger partial charge in [-0.1, -0.05) is 12.1 Å². The quantitative estimate of drug-likeness (QED) is 0.731. The molecule has 0 unspecified atom stereocenters. The van der Waals surface area contributed by atoms with E-state index in [1.54, 1.807) is 48.5 Å². The molecule has 27 heavy (non-hydrogen) atoms. The van der Waals surface area contributed by atoms with Crippen molar-refractivity contribution >= 4 is 29.1 Å². The van der Waals surface area contributed by atoms with Crippen molar-refractivity contribution in [3.63, 3.8) is 0 Å². The Morgan fingerprint density at radius 2 is 1.85 bits per heavy atom. The van der Waals surface area contributed by atoms with Crippen LogP contribution in [-0.2, 0) is 9.59 Å². The lowest BCUT2D eigenvalue weighted by atomic mass is 10.1. The maximum Gasteiger partial charge on any atom is 0.254 e. The Morgan fingerprint density at radius 1 is 1.11 bits per heavy atom. The predicted octanol–water partition coefficient (Wildman–Crippen LogP) is 2.55. The summed E-state index contributed by atoms with van der Waals surface area (Å²) in [7, 11) is 0. The molecule has 0 fully saturated rings. The third-order valence-corrected chi connectivity index (χ3v) is 4.16. The molecule has 2 aromatic rings. The Hall–Kier alpha value is -3.35. The van der Waals surface area contributed by atoms with E-state index in [9.17, 15) is 14.4 Å². The molecule has 0 aromatic heterocycles. The van der Waals surface area contributed by atoms with E-state index < -0.39 is 6.04 Å². The van der Waals surface area contributed by atoms with Crippen molar-refractivity contribution in [1.29, 1.82) is 0 Å². The van der Waals surface area contributed by atoms with Gasteiger partial charge in [0.05, 0.1) is 17.9 Å². The minimum absolute atomic E-state index is 0.0991. The first-order valence-electron chi connectivity index (χ1n) is 8.80.